The largest absolute Gasteiger partial charge is 0.469 e. The Morgan fingerprint density at radius 1 is 1.25 bits per heavy atom. The number of methoxy groups -OCH3 is 1. The third-order valence-electron chi connectivity index (χ3n) is 2.55. The van der Waals surface area contributed by atoms with Crippen molar-refractivity contribution in [3.8, 4) is 0 Å². The first-order valence-corrected chi connectivity index (χ1v) is 5.51. The van der Waals surface area contributed by atoms with Crippen molar-refractivity contribution in [2.45, 2.75) is 12.8 Å². The molecule has 0 aliphatic carbocycles. The SMILES string of the molecule is COC(=O)CCN(C)CCc1ccccc1. The van der Waals surface area contributed by atoms with E-state index < -0.39 is 0 Å². The molecule has 0 aromatic heterocycles. The molecule has 0 fully saturated rings. The minimum atomic E-state index is -0.147. The highest BCUT2D eigenvalue weighted by atomic mass is 16.5. The van der Waals surface area contributed by atoms with E-state index >= 15 is 0 Å². The highest BCUT2D eigenvalue weighted by molar-refractivity contribution is 5.69. The van der Waals surface area contributed by atoms with E-state index in [1.165, 1.54) is 12.7 Å². The Kier molecular flexibility index (Phi) is 5.57. The molecule has 0 aliphatic heterocycles. The molecule has 0 atom stereocenters. The zero-order chi connectivity index (χ0) is 11.8. The molecule has 1 aromatic carbocycles. The summed E-state index contributed by atoms with van der Waals surface area (Å²) in [7, 11) is 3.44. The Bertz CT molecular complexity index is 311. The molecule has 0 radical (unpaired) electrons. The van der Waals surface area contributed by atoms with Gasteiger partial charge in [0.25, 0.3) is 0 Å². The lowest BCUT2D eigenvalue weighted by Crippen LogP contribution is -2.24. The molecule has 1 rings (SSSR count). The minimum Gasteiger partial charge on any atom is -0.469 e. The van der Waals surface area contributed by atoms with Gasteiger partial charge in [0, 0.05) is 13.1 Å². The molecule has 3 nitrogen and oxygen atoms in total. The number of benzene rings is 1. The molecule has 1 aromatic rings. The molecule has 0 spiro atoms. The number of rotatable bonds is 6. The van der Waals surface area contributed by atoms with E-state index in [0.29, 0.717) is 6.42 Å². The predicted molar refractivity (Wildman–Crippen MR) is 64.3 cm³/mol. The maximum absolute atomic E-state index is 10.9. The van der Waals surface area contributed by atoms with Crippen LogP contribution in [-0.2, 0) is 16.0 Å². The van der Waals surface area contributed by atoms with Crippen molar-refractivity contribution >= 4 is 5.97 Å². The van der Waals surface area contributed by atoms with Crippen LogP contribution < -0.4 is 0 Å². The van der Waals surface area contributed by atoms with Crippen LogP contribution in [0.2, 0.25) is 0 Å². The Balaban J connectivity index is 2.20. The third kappa shape index (κ3) is 4.94. The maximum Gasteiger partial charge on any atom is 0.306 e. The number of likely N-dealkylation sites (N-methyl/N-ethyl adjacent to an activating group) is 1. The second-order valence-electron chi connectivity index (χ2n) is 3.87. The van der Waals surface area contributed by atoms with Gasteiger partial charge in [0.1, 0.15) is 0 Å². The van der Waals surface area contributed by atoms with Gasteiger partial charge < -0.3 is 9.64 Å². The van der Waals surface area contributed by atoms with E-state index in [9.17, 15) is 4.79 Å². The number of carbonyl (C=O) groups is 1. The molecular weight excluding hydrogens is 202 g/mol. The van der Waals surface area contributed by atoms with E-state index in [1.54, 1.807) is 0 Å². The molecule has 88 valence electrons. The van der Waals surface area contributed by atoms with Crippen LogP contribution in [0.5, 0.6) is 0 Å². The molecule has 0 N–H and O–H groups in total. The summed E-state index contributed by atoms with van der Waals surface area (Å²) in [6.45, 7) is 1.71. The second-order valence-corrected chi connectivity index (χ2v) is 3.87. The number of hydrogen-bond acceptors (Lipinski definition) is 3. The Morgan fingerprint density at radius 2 is 1.94 bits per heavy atom. The normalized spacial score (nSPS) is 10.4. The number of ether oxygens (including phenoxy) is 1. The van der Waals surface area contributed by atoms with E-state index in [-0.39, 0.29) is 5.97 Å². The molecule has 0 saturated carbocycles. The Hall–Kier alpha value is -1.35. The van der Waals surface area contributed by atoms with Crippen LogP contribution in [0.1, 0.15) is 12.0 Å². The first-order chi connectivity index (χ1) is 7.72. The topological polar surface area (TPSA) is 29.5 Å². The van der Waals surface area contributed by atoms with Gasteiger partial charge in [0.05, 0.1) is 13.5 Å². The van der Waals surface area contributed by atoms with Crippen molar-refractivity contribution in [3.05, 3.63) is 35.9 Å². The van der Waals surface area contributed by atoms with E-state index in [4.69, 9.17) is 0 Å². The molecule has 16 heavy (non-hydrogen) atoms. The maximum atomic E-state index is 10.9. The van der Waals surface area contributed by atoms with Crippen LogP contribution >= 0.6 is 0 Å². The summed E-state index contributed by atoms with van der Waals surface area (Å²) in [5.41, 5.74) is 1.33. The minimum absolute atomic E-state index is 0.147. The number of hydrogen-bond donors (Lipinski definition) is 0. The molecule has 0 amide bonds. The smallest absolute Gasteiger partial charge is 0.306 e. The highest BCUT2D eigenvalue weighted by Gasteiger charge is 2.03. The first kappa shape index (κ1) is 12.7. The number of carbonyl (C=O) groups excluding carboxylic acids is 1. The van der Waals surface area contributed by atoms with Crippen molar-refractivity contribution in [1.82, 2.24) is 4.90 Å². The van der Waals surface area contributed by atoms with Gasteiger partial charge in [-0.1, -0.05) is 30.3 Å². The molecule has 0 bridgehead atoms. The lowest BCUT2D eigenvalue weighted by atomic mass is 10.1. The summed E-state index contributed by atoms with van der Waals surface area (Å²) in [5.74, 6) is -0.147. The molecule has 0 aliphatic rings. The van der Waals surface area contributed by atoms with Gasteiger partial charge in [-0.25, -0.2) is 0 Å². The van der Waals surface area contributed by atoms with Crippen molar-refractivity contribution < 1.29 is 9.53 Å². The number of nitrogens with zero attached hydrogens (tertiary/aromatic N) is 1. The van der Waals surface area contributed by atoms with Gasteiger partial charge in [-0.2, -0.15) is 0 Å². The fourth-order valence-electron chi connectivity index (χ4n) is 1.46. The number of esters is 1. The van der Waals surface area contributed by atoms with Crippen molar-refractivity contribution in [3.63, 3.8) is 0 Å². The molecule has 3 heteroatoms. The van der Waals surface area contributed by atoms with Gasteiger partial charge >= 0.3 is 5.97 Å². The second kappa shape index (κ2) is 7.01. The Morgan fingerprint density at radius 3 is 2.56 bits per heavy atom. The van der Waals surface area contributed by atoms with Crippen LogP contribution in [0, 0.1) is 0 Å². The zero-order valence-corrected chi connectivity index (χ0v) is 9.98. The van der Waals surface area contributed by atoms with Crippen molar-refractivity contribution in [1.29, 1.82) is 0 Å². The average molecular weight is 221 g/mol. The summed E-state index contributed by atoms with van der Waals surface area (Å²) in [6, 6.07) is 10.3. The van der Waals surface area contributed by atoms with Gasteiger partial charge in [0.2, 0.25) is 0 Å². The molecular formula is C13H19NO2. The summed E-state index contributed by atoms with van der Waals surface area (Å²) in [4.78, 5) is 13.1. The van der Waals surface area contributed by atoms with Crippen molar-refractivity contribution in [2.24, 2.45) is 0 Å². The fraction of sp³-hybridized carbons (Fsp3) is 0.462. The lowest BCUT2D eigenvalue weighted by Gasteiger charge is -2.15. The summed E-state index contributed by atoms with van der Waals surface area (Å²) in [5, 5.41) is 0. The standard InChI is InChI=1S/C13H19NO2/c1-14(11-9-13(15)16-2)10-8-12-6-4-3-5-7-12/h3-7H,8-11H2,1-2H3. The monoisotopic (exact) mass is 221 g/mol. The molecule has 0 saturated heterocycles. The van der Waals surface area contributed by atoms with Crippen LogP contribution in [0.25, 0.3) is 0 Å². The average Bonchev–Trinajstić information content (AvgIpc) is 2.34. The van der Waals surface area contributed by atoms with Gasteiger partial charge in [0.15, 0.2) is 0 Å². The van der Waals surface area contributed by atoms with E-state index in [2.05, 4.69) is 21.8 Å². The van der Waals surface area contributed by atoms with Gasteiger partial charge in [-0.15, -0.1) is 0 Å². The summed E-state index contributed by atoms with van der Waals surface area (Å²) in [6.07, 6.45) is 1.47. The van der Waals surface area contributed by atoms with Gasteiger partial charge in [-0.3, -0.25) is 4.79 Å². The predicted octanol–water partition coefficient (Wildman–Crippen LogP) is 1.72. The summed E-state index contributed by atoms with van der Waals surface area (Å²) >= 11 is 0. The fourth-order valence-corrected chi connectivity index (χ4v) is 1.46. The third-order valence-corrected chi connectivity index (χ3v) is 2.55. The molecule has 0 unspecified atom stereocenters. The van der Waals surface area contributed by atoms with E-state index in [0.717, 1.165) is 19.5 Å². The quantitative estimate of drug-likeness (QED) is 0.685. The van der Waals surface area contributed by atoms with Crippen LogP contribution in [0.4, 0.5) is 0 Å². The molecule has 0 heterocycles. The zero-order valence-electron chi connectivity index (χ0n) is 9.98. The van der Waals surface area contributed by atoms with E-state index in [1.807, 2.05) is 25.2 Å². The summed E-state index contributed by atoms with van der Waals surface area (Å²) < 4.78 is 4.60. The van der Waals surface area contributed by atoms with Crippen LogP contribution in [0.3, 0.4) is 0 Å². The first-order valence-electron chi connectivity index (χ1n) is 5.51. The highest BCUT2D eigenvalue weighted by Crippen LogP contribution is 2.01. The van der Waals surface area contributed by atoms with Crippen LogP contribution in [-0.4, -0.2) is 38.1 Å². The Labute approximate surface area is 97.0 Å². The van der Waals surface area contributed by atoms with Crippen molar-refractivity contribution in [2.75, 3.05) is 27.2 Å². The lowest BCUT2D eigenvalue weighted by molar-refractivity contribution is -0.140. The van der Waals surface area contributed by atoms with Crippen LogP contribution in [0.15, 0.2) is 30.3 Å². The van der Waals surface area contributed by atoms with Gasteiger partial charge in [-0.05, 0) is 19.0 Å².